The monoisotopic (exact) mass is 629 g/mol. The molecule has 2 aromatic rings. The first-order valence-electron chi connectivity index (χ1n) is 14.5. The van der Waals surface area contributed by atoms with Crippen LogP contribution in [0.15, 0.2) is 30.3 Å². The van der Waals surface area contributed by atoms with Gasteiger partial charge in [-0.2, -0.15) is 13.2 Å². The number of benzene rings is 2. The van der Waals surface area contributed by atoms with Gasteiger partial charge in [-0.1, -0.05) is 6.07 Å². The number of fused-ring (bicyclic) bond motifs is 1. The lowest BCUT2D eigenvalue weighted by Gasteiger charge is -2.43. The van der Waals surface area contributed by atoms with Crippen molar-refractivity contribution in [2.24, 2.45) is 0 Å². The highest BCUT2D eigenvalue weighted by Gasteiger charge is 2.43. The van der Waals surface area contributed by atoms with Crippen LogP contribution in [0.2, 0.25) is 0 Å². The summed E-state index contributed by atoms with van der Waals surface area (Å²) < 4.78 is 91.8. The number of likely N-dealkylation sites (tertiary alicyclic amines) is 1. The second-order valence-corrected chi connectivity index (χ2v) is 12.4. The molecule has 1 saturated heterocycles. The van der Waals surface area contributed by atoms with E-state index in [2.05, 4.69) is 0 Å². The molecule has 13 heteroatoms. The zero-order valence-electron chi connectivity index (χ0n) is 25.1. The first kappa shape index (κ1) is 33.6. The maximum Gasteiger partial charge on any atom is 0.415 e. The van der Waals surface area contributed by atoms with Crippen LogP contribution in [0.1, 0.15) is 73.6 Å². The van der Waals surface area contributed by atoms with Crippen molar-refractivity contribution in [1.82, 2.24) is 9.80 Å². The molecule has 0 spiro atoms. The summed E-state index contributed by atoms with van der Waals surface area (Å²) in [6.07, 6.45) is -4.78. The fourth-order valence-electron chi connectivity index (χ4n) is 6.08. The Balaban J connectivity index is 1.81. The van der Waals surface area contributed by atoms with Gasteiger partial charge in [0.25, 0.3) is 0 Å². The molecule has 3 atom stereocenters. The molecule has 1 amide bonds. The van der Waals surface area contributed by atoms with E-state index in [9.17, 15) is 32.3 Å². The normalized spacial score (nSPS) is 21.3. The molecular weight excluding hydrogens is 592 g/mol. The Labute approximate surface area is 252 Å². The van der Waals surface area contributed by atoms with Gasteiger partial charge in [0, 0.05) is 31.2 Å². The zero-order valence-corrected chi connectivity index (χ0v) is 25.1. The number of alkyl halides is 4. The summed E-state index contributed by atoms with van der Waals surface area (Å²) in [5.74, 6) is -3.57. The van der Waals surface area contributed by atoms with Crippen molar-refractivity contribution in [1.29, 1.82) is 0 Å². The number of anilines is 1. The molecule has 2 heterocycles. The average molecular weight is 630 g/mol. The number of ether oxygens (including phenoxy) is 1. The molecule has 1 unspecified atom stereocenters. The molecular formula is C31H37F6N3O4. The molecule has 242 valence electrons. The van der Waals surface area contributed by atoms with E-state index in [1.165, 1.54) is 25.1 Å². The van der Waals surface area contributed by atoms with Crippen molar-refractivity contribution in [3.05, 3.63) is 64.2 Å². The first-order chi connectivity index (χ1) is 20.5. The quantitative estimate of drug-likeness (QED) is 0.327. The van der Waals surface area contributed by atoms with Gasteiger partial charge in [0.15, 0.2) is 0 Å². The molecule has 4 rings (SSSR count). The van der Waals surface area contributed by atoms with Gasteiger partial charge < -0.3 is 14.7 Å². The Bertz CT molecular complexity index is 1360. The SMILES string of the molecule is C[C@@H]1Cc2cc(C(=O)O)ccc2[C@@H](c2c(F)cc(N(C(=O)OC(C)(C)C)C3CCN(CCCF)C3)cc2F)N1CC(F)(F)F. The van der Waals surface area contributed by atoms with Gasteiger partial charge in [-0.15, -0.1) is 0 Å². The number of carbonyl (C=O) groups is 2. The Morgan fingerprint density at radius 2 is 1.75 bits per heavy atom. The van der Waals surface area contributed by atoms with E-state index in [1.54, 1.807) is 20.8 Å². The molecule has 1 fully saturated rings. The molecule has 7 nitrogen and oxygen atoms in total. The van der Waals surface area contributed by atoms with E-state index < -0.39 is 72.4 Å². The Kier molecular flexibility index (Phi) is 9.89. The second-order valence-electron chi connectivity index (χ2n) is 12.4. The number of hydrogen-bond acceptors (Lipinski definition) is 5. The van der Waals surface area contributed by atoms with Gasteiger partial charge in [0.2, 0.25) is 0 Å². The van der Waals surface area contributed by atoms with Crippen molar-refractivity contribution in [3.8, 4) is 0 Å². The standard InChI is InChI=1S/C31H37F6N3O4/c1-18-12-20-13-19(28(41)42)6-7-23(20)27(39(18)17-31(35,36)37)26-24(33)14-22(15-25(26)34)40(29(43)44-30(2,3)4)21-8-11-38(16-21)10-5-9-32/h6-7,13-15,18,21,27H,5,8-12,16-17H2,1-4H3,(H,41,42)/t18-,21?,27+/m1/s1. The van der Waals surface area contributed by atoms with E-state index in [0.29, 0.717) is 38.0 Å². The van der Waals surface area contributed by atoms with Crippen LogP contribution in [-0.2, 0) is 11.2 Å². The van der Waals surface area contributed by atoms with Crippen molar-refractivity contribution >= 4 is 17.7 Å². The fraction of sp³-hybridized carbons (Fsp3) is 0.548. The molecule has 0 aromatic heterocycles. The highest BCUT2D eigenvalue weighted by atomic mass is 19.4. The van der Waals surface area contributed by atoms with Crippen LogP contribution in [-0.4, -0.2) is 83.7 Å². The van der Waals surface area contributed by atoms with E-state index in [1.807, 2.05) is 4.90 Å². The van der Waals surface area contributed by atoms with Gasteiger partial charge >= 0.3 is 18.2 Å². The maximum absolute atomic E-state index is 16.1. The van der Waals surface area contributed by atoms with Gasteiger partial charge in [0.05, 0.1) is 36.6 Å². The summed E-state index contributed by atoms with van der Waals surface area (Å²) in [5.41, 5.74) is -1.31. The lowest BCUT2D eigenvalue weighted by atomic mass is 9.83. The number of rotatable bonds is 8. The Hall–Kier alpha value is -3.32. The number of aromatic carboxylic acids is 1. The van der Waals surface area contributed by atoms with Crippen LogP contribution >= 0.6 is 0 Å². The largest absolute Gasteiger partial charge is 0.478 e. The molecule has 1 N–H and O–H groups in total. The molecule has 2 aliphatic rings. The van der Waals surface area contributed by atoms with Crippen LogP contribution in [0.25, 0.3) is 0 Å². The van der Waals surface area contributed by atoms with E-state index in [-0.39, 0.29) is 23.2 Å². The van der Waals surface area contributed by atoms with Crippen LogP contribution in [0, 0.1) is 11.6 Å². The number of carboxylic acids is 1. The number of nitrogens with zero attached hydrogens (tertiary/aromatic N) is 3. The summed E-state index contributed by atoms with van der Waals surface area (Å²) in [5, 5.41) is 9.43. The highest BCUT2D eigenvalue weighted by molar-refractivity contribution is 5.89. The van der Waals surface area contributed by atoms with Crippen LogP contribution in [0.5, 0.6) is 0 Å². The summed E-state index contributed by atoms with van der Waals surface area (Å²) in [6, 6.07) is 2.72. The second kappa shape index (κ2) is 13.0. The van der Waals surface area contributed by atoms with Crippen molar-refractivity contribution in [2.75, 3.05) is 37.8 Å². The molecule has 0 radical (unpaired) electrons. The Morgan fingerprint density at radius 3 is 2.32 bits per heavy atom. The molecule has 0 saturated carbocycles. The summed E-state index contributed by atoms with van der Waals surface area (Å²) in [4.78, 5) is 29.0. The van der Waals surface area contributed by atoms with E-state index in [4.69, 9.17) is 4.74 Å². The lowest BCUT2D eigenvalue weighted by Crippen LogP contribution is -2.48. The summed E-state index contributed by atoms with van der Waals surface area (Å²) in [7, 11) is 0. The minimum absolute atomic E-state index is 0.0391. The third kappa shape index (κ3) is 7.66. The van der Waals surface area contributed by atoms with Crippen molar-refractivity contribution in [3.63, 3.8) is 0 Å². The van der Waals surface area contributed by atoms with Crippen molar-refractivity contribution < 1.29 is 45.8 Å². The minimum atomic E-state index is -4.69. The molecule has 0 aliphatic carbocycles. The minimum Gasteiger partial charge on any atom is -0.478 e. The van der Waals surface area contributed by atoms with Gasteiger partial charge in [-0.25, -0.2) is 18.4 Å². The smallest absolute Gasteiger partial charge is 0.415 e. The zero-order chi connectivity index (χ0) is 32.6. The van der Waals surface area contributed by atoms with Crippen LogP contribution in [0.4, 0.5) is 36.8 Å². The number of amides is 1. The number of carboxylic acid groups (broad SMARTS) is 1. The highest BCUT2D eigenvalue weighted by Crippen LogP contribution is 2.43. The Morgan fingerprint density at radius 1 is 1.09 bits per heavy atom. The van der Waals surface area contributed by atoms with Gasteiger partial charge in [-0.3, -0.25) is 14.2 Å². The molecule has 2 aromatic carbocycles. The summed E-state index contributed by atoms with van der Waals surface area (Å²) in [6.45, 7) is 5.71. The molecule has 0 bridgehead atoms. The predicted molar refractivity (Wildman–Crippen MR) is 152 cm³/mol. The van der Waals surface area contributed by atoms with E-state index in [0.717, 1.165) is 21.9 Å². The number of hydrogen-bond donors (Lipinski definition) is 1. The third-order valence-corrected chi connectivity index (χ3v) is 7.89. The first-order valence-corrected chi connectivity index (χ1v) is 14.5. The molecule has 44 heavy (non-hydrogen) atoms. The topological polar surface area (TPSA) is 73.3 Å². The average Bonchev–Trinajstić information content (AvgIpc) is 3.34. The lowest BCUT2D eigenvalue weighted by molar-refractivity contribution is -0.155. The third-order valence-electron chi connectivity index (χ3n) is 7.89. The van der Waals surface area contributed by atoms with Gasteiger partial charge in [-0.05, 0) is 82.3 Å². The maximum atomic E-state index is 16.1. The number of halogens is 6. The number of carbonyl (C=O) groups excluding carboxylic acids is 1. The van der Waals surface area contributed by atoms with Gasteiger partial charge in [0.1, 0.15) is 17.2 Å². The summed E-state index contributed by atoms with van der Waals surface area (Å²) >= 11 is 0. The predicted octanol–water partition coefficient (Wildman–Crippen LogP) is 6.74. The molecule has 2 aliphatic heterocycles. The van der Waals surface area contributed by atoms with E-state index >= 15 is 8.78 Å². The van der Waals surface area contributed by atoms with Crippen LogP contribution < -0.4 is 4.90 Å². The fourth-order valence-corrected chi connectivity index (χ4v) is 6.08. The van der Waals surface area contributed by atoms with Crippen molar-refractivity contribution in [2.45, 2.75) is 76.9 Å². The van der Waals surface area contributed by atoms with Crippen LogP contribution in [0.3, 0.4) is 0 Å².